The summed E-state index contributed by atoms with van der Waals surface area (Å²) in [4.78, 5) is 57.3. The highest BCUT2D eigenvalue weighted by Crippen LogP contribution is 2.33. The predicted molar refractivity (Wildman–Crippen MR) is 282 cm³/mol. The van der Waals surface area contributed by atoms with Gasteiger partial charge in [0.05, 0.1) is 53.0 Å². The molecule has 5 N–H and O–H groups in total. The average molecular weight is 1090 g/mol. The number of aromatic carboxylic acids is 2. The number of anilines is 3. The zero-order valence-electron chi connectivity index (χ0n) is 41.4. The van der Waals surface area contributed by atoms with E-state index in [0.29, 0.717) is 78.2 Å². The van der Waals surface area contributed by atoms with Crippen LogP contribution in [-0.4, -0.2) is 155 Å². The lowest BCUT2D eigenvalue weighted by molar-refractivity contribution is 0.0686. The number of carboxylic acid groups (broad SMARTS) is 2. The molecule has 0 amide bonds. The topological polar surface area (TPSA) is 305 Å². The highest BCUT2D eigenvalue weighted by Gasteiger charge is 2.27. The molecule has 0 saturated carbocycles. The highest BCUT2D eigenvalue weighted by molar-refractivity contribution is 7.89. The van der Waals surface area contributed by atoms with Crippen molar-refractivity contribution in [1.82, 2.24) is 44.1 Å². The summed E-state index contributed by atoms with van der Waals surface area (Å²) in [6, 6.07) is 12.3. The van der Waals surface area contributed by atoms with Crippen LogP contribution in [-0.2, 0) is 30.1 Å². The summed E-state index contributed by atoms with van der Waals surface area (Å²) in [5.41, 5.74) is 2.11. The van der Waals surface area contributed by atoms with Gasteiger partial charge in [-0.25, -0.2) is 88.1 Å². The summed E-state index contributed by atoms with van der Waals surface area (Å²) >= 11 is 0. The molecular weight excluding hydrogens is 1030 g/mol. The van der Waals surface area contributed by atoms with Crippen LogP contribution in [0.1, 0.15) is 59.2 Å². The molecule has 27 heteroatoms. The normalized spacial score (nSPS) is 18.4. The maximum absolute atomic E-state index is 14.0. The highest BCUT2D eigenvalue weighted by atomic mass is 32.2. The minimum absolute atomic E-state index is 0.0639. The van der Waals surface area contributed by atoms with E-state index in [9.17, 15) is 44.3 Å². The number of nitrogens with one attached hydrogen (secondary N) is 3. The molecular formula is C48H58FN13O10S3. The average Bonchev–Trinajstić information content (AvgIpc) is 3.38. The van der Waals surface area contributed by atoms with Crippen LogP contribution in [0.2, 0.25) is 0 Å². The Kier molecular flexibility index (Phi) is 18.1. The van der Waals surface area contributed by atoms with Crippen molar-refractivity contribution in [1.29, 1.82) is 0 Å². The lowest BCUT2D eigenvalue weighted by Crippen LogP contribution is -2.41. The third-order valence-corrected chi connectivity index (χ3v) is 15.0. The van der Waals surface area contributed by atoms with Gasteiger partial charge in [-0.15, -0.1) is 0 Å². The Balaban J connectivity index is 0.000000164. The van der Waals surface area contributed by atoms with Crippen LogP contribution in [0, 0.1) is 30.1 Å². The smallest absolute Gasteiger partial charge is 0.335 e. The minimum atomic E-state index is -3.23. The van der Waals surface area contributed by atoms with E-state index in [-0.39, 0.29) is 34.6 Å². The molecule has 3 unspecified atom stereocenters. The summed E-state index contributed by atoms with van der Waals surface area (Å²) < 4.78 is 89.5. The van der Waals surface area contributed by atoms with E-state index < -0.39 is 47.8 Å². The maximum Gasteiger partial charge on any atom is 0.335 e. The number of aromatic nitrogens is 6. The van der Waals surface area contributed by atoms with Crippen molar-refractivity contribution in [3.8, 4) is 0 Å². The van der Waals surface area contributed by atoms with Crippen molar-refractivity contribution in [2.45, 2.75) is 38.5 Å². The zero-order valence-corrected chi connectivity index (χ0v) is 43.9. The number of piperidine rings is 3. The van der Waals surface area contributed by atoms with Crippen LogP contribution in [0.5, 0.6) is 0 Å². The van der Waals surface area contributed by atoms with Gasteiger partial charge in [-0.1, -0.05) is 0 Å². The first-order chi connectivity index (χ1) is 35.5. The second-order valence-electron chi connectivity index (χ2n) is 18.8. The standard InChI is InChI=1S/C16H18FN5O2S.2C16H20N4O4S/c1-18-15-7-14-12(6-13(15)17)16(20-10-19-14)22-5-3-4-11(9-22)8-21-25(2,23)24;1-25(23,24)19-8-11-3-2-6-20(9-11)15-13-7-12(16(21)22)4-5-14(13)17-10-18-15;1-25(23,24)19-8-11-3-2-6-20(9-11)15-13-5-4-12(16(21)22)7-14(13)17-10-18-15/h6-7,10-11,21H,3-5,8-9H2,2H3;2*4-5,7,10-11,19H,2-3,6,8-9H2,1H3,(H,21,22). The molecule has 6 aromatic rings. The fraction of sp³-hybridized carbons (Fsp3) is 0.438. The van der Waals surface area contributed by atoms with E-state index >= 15 is 0 Å². The Bertz CT molecular complexity index is 3460. The van der Waals surface area contributed by atoms with Crippen LogP contribution in [0.4, 0.5) is 27.5 Å². The van der Waals surface area contributed by atoms with Gasteiger partial charge in [0, 0.05) is 75.1 Å². The maximum atomic E-state index is 14.0. The quantitative estimate of drug-likeness (QED) is 0.0951. The van der Waals surface area contributed by atoms with E-state index in [1.54, 1.807) is 24.3 Å². The van der Waals surface area contributed by atoms with Gasteiger partial charge in [0.2, 0.25) is 35.8 Å². The summed E-state index contributed by atoms with van der Waals surface area (Å²) in [6.07, 6.45) is 13.3. The van der Waals surface area contributed by atoms with Gasteiger partial charge < -0.3 is 24.9 Å². The Morgan fingerprint density at radius 1 is 0.573 bits per heavy atom. The van der Waals surface area contributed by atoms with Gasteiger partial charge in [-0.2, -0.15) is 0 Å². The number of hydrogen-bond donors (Lipinski definition) is 5. The van der Waals surface area contributed by atoms with Gasteiger partial charge in [-0.3, -0.25) is 0 Å². The van der Waals surface area contributed by atoms with Gasteiger partial charge in [0.1, 0.15) is 42.3 Å². The predicted octanol–water partition coefficient (Wildman–Crippen LogP) is 4.27. The Labute approximate surface area is 434 Å². The van der Waals surface area contributed by atoms with E-state index in [0.717, 1.165) is 88.1 Å². The van der Waals surface area contributed by atoms with Gasteiger partial charge >= 0.3 is 11.9 Å². The number of benzene rings is 3. The fourth-order valence-corrected chi connectivity index (χ4v) is 10.9. The molecule has 0 bridgehead atoms. The van der Waals surface area contributed by atoms with Crippen LogP contribution in [0.3, 0.4) is 0 Å². The van der Waals surface area contributed by atoms with Crippen molar-refractivity contribution in [2.75, 3.05) is 92.4 Å². The molecule has 3 saturated heterocycles. The molecule has 23 nitrogen and oxygen atoms in total. The van der Waals surface area contributed by atoms with E-state index in [1.165, 1.54) is 43.2 Å². The first-order valence-electron chi connectivity index (χ1n) is 23.9. The molecule has 6 heterocycles. The van der Waals surface area contributed by atoms with Crippen molar-refractivity contribution in [3.63, 3.8) is 0 Å². The monoisotopic (exact) mass is 1090 g/mol. The number of fused-ring (bicyclic) bond motifs is 3. The van der Waals surface area contributed by atoms with E-state index in [1.807, 2.05) is 4.90 Å². The number of sulfonamides is 3. The van der Waals surface area contributed by atoms with Crippen LogP contribution in [0.25, 0.3) is 37.6 Å². The third kappa shape index (κ3) is 15.6. The van der Waals surface area contributed by atoms with Gasteiger partial charge in [0.15, 0.2) is 0 Å². The van der Waals surface area contributed by atoms with Crippen molar-refractivity contribution in [2.24, 2.45) is 17.8 Å². The molecule has 3 atom stereocenters. The Hall–Kier alpha value is -6.83. The zero-order chi connectivity index (χ0) is 54.1. The molecule has 3 aromatic carbocycles. The second-order valence-corrected chi connectivity index (χ2v) is 24.3. The summed E-state index contributed by atoms with van der Waals surface area (Å²) in [5.74, 6) is 0.0137. The summed E-state index contributed by atoms with van der Waals surface area (Å²) in [7, 11) is -9.64. The second kappa shape index (κ2) is 24.2. The van der Waals surface area contributed by atoms with E-state index in [4.69, 9.17) is 11.7 Å². The van der Waals surface area contributed by atoms with Crippen molar-refractivity contribution < 1.29 is 49.4 Å². The number of carbonyl (C=O) groups is 2. The Morgan fingerprint density at radius 2 is 0.960 bits per heavy atom. The van der Waals surface area contributed by atoms with Gasteiger partial charge in [-0.05, 0) is 105 Å². The molecule has 3 aliphatic heterocycles. The number of nitrogens with zero attached hydrogens (tertiary/aromatic N) is 10. The van der Waals surface area contributed by atoms with E-state index in [2.05, 4.69) is 58.7 Å². The van der Waals surface area contributed by atoms with Crippen LogP contribution >= 0.6 is 0 Å². The summed E-state index contributed by atoms with van der Waals surface area (Å²) in [6.45, 7) is 12.5. The first kappa shape index (κ1) is 55.9. The molecule has 0 aliphatic carbocycles. The minimum Gasteiger partial charge on any atom is -0.478 e. The SMILES string of the molecule is CS(=O)(=O)NCC1CCCN(c2ncnc3cc(C(=O)O)ccc23)C1.CS(=O)(=O)NCC1CCCN(c2ncnc3ccc(C(=O)O)cc23)C1.[C-]#[N+]c1cc2ncnc(N3CCCC(CNS(C)(=O)=O)C3)c2cc1F. The molecule has 9 rings (SSSR count). The number of rotatable bonds is 14. The van der Waals surface area contributed by atoms with Crippen LogP contribution < -0.4 is 28.9 Å². The number of carboxylic acids is 2. The molecule has 0 spiro atoms. The fourth-order valence-electron chi connectivity index (χ4n) is 9.33. The molecule has 3 fully saturated rings. The third-order valence-electron chi connectivity index (χ3n) is 12.9. The number of hydrogen-bond acceptors (Lipinski definition) is 17. The van der Waals surface area contributed by atoms with Crippen molar-refractivity contribution in [3.05, 3.63) is 95.9 Å². The first-order valence-corrected chi connectivity index (χ1v) is 29.6. The number of halogens is 1. The molecule has 3 aromatic heterocycles. The molecule has 3 aliphatic rings. The lowest BCUT2D eigenvalue weighted by Gasteiger charge is -2.34. The Morgan fingerprint density at radius 3 is 1.39 bits per heavy atom. The van der Waals surface area contributed by atoms with Crippen LogP contribution in [0.15, 0.2) is 67.5 Å². The van der Waals surface area contributed by atoms with Crippen molar-refractivity contribution >= 4 is 97.9 Å². The molecule has 400 valence electrons. The molecule has 75 heavy (non-hydrogen) atoms. The lowest BCUT2D eigenvalue weighted by atomic mass is 9.98. The largest absolute Gasteiger partial charge is 0.478 e. The summed E-state index contributed by atoms with van der Waals surface area (Å²) in [5, 5.41) is 20.4. The molecule has 0 radical (unpaired) electrons. The van der Waals surface area contributed by atoms with Gasteiger partial charge in [0.25, 0.3) is 0 Å².